The second-order valence-electron chi connectivity index (χ2n) is 9.33. The van der Waals surface area contributed by atoms with E-state index >= 15 is 0 Å². The minimum atomic E-state index is -0.807. The van der Waals surface area contributed by atoms with Gasteiger partial charge < -0.3 is 15.0 Å². The fraction of sp³-hybridized carbons (Fsp3) is 0.276. The molecule has 1 aliphatic rings. The Bertz CT molecular complexity index is 1240. The minimum absolute atomic E-state index is 0.0278. The van der Waals surface area contributed by atoms with E-state index in [1.165, 1.54) is 0 Å². The predicted molar refractivity (Wildman–Crippen MR) is 145 cm³/mol. The standard InChI is InChI=1S/C29H31N3O3S/c1-29(2)26(17-20-8-12-24(35-3)13-9-20)32(28(34)31-22-10-14-25(36-4)15-11-22)19-21(27(29)33)18-23-7-5-6-16-30-23/h5-16,18,26H,17,19H2,1-4H3,(H,31,34). The Balaban J connectivity index is 1.68. The molecule has 3 aromatic rings. The zero-order valence-corrected chi connectivity index (χ0v) is 21.8. The molecule has 0 bridgehead atoms. The molecule has 0 saturated carbocycles. The molecule has 6 nitrogen and oxygen atoms in total. The van der Waals surface area contributed by atoms with Crippen molar-refractivity contribution >= 4 is 35.3 Å². The normalized spacial score (nSPS) is 18.2. The van der Waals surface area contributed by atoms with Gasteiger partial charge in [-0.25, -0.2) is 4.79 Å². The summed E-state index contributed by atoms with van der Waals surface area (Å²) in [6.45, 7) is 4.04. The maximum absolute atomic E-state index is 13.7. The van der Waals surface area contributed by atoms with Crippen LogP contribution in [0.1, 0.15) is 25.1 Å². The van der Waals surface area contributed by atoms with Crippen molar-refractivity contribution in [2.24, 2.45) is 5.41 Å². The SMILES string of the molecule is COc1ccc(CC2N(C(=O)Nc3ccc(SC)cc3)CC(=Cc3ccccn3)C(=O)C2(C)C)cc1. The van der Waals surface area contributed by atoms with Gasteiger partial charge in [0, 0.05) is 27.8 Å². The number of ketones is 1. The Hall–Kier alpha value is -3.58. The number of anilines is 1. The number of methoxy groups -OCH3 is 1. The van der Waals surface area contributed by atoms with Gasteiger partial charge in [-0.15, -0.1) is 11.8 Å². The van der Waals surface area contributed by atoms with Crippen LogP contribution in [0.2, 0.25) is 0 Å². The number of nitrogens with zero attached hydrogens (tertiary/aromatic N) is 2. The quantitative estimate of drug-likeness (QED) is 0.334. The lowest BCUT2D eigenvalue weighted by Crippen LogP contribution is -2.59. The molecule has 1 saturated heterocycles. The molecule has 1 atom stereocenters. The van der Waals surface area contributed by atoms with Crippen LogP contribution in [-0.4, -0.2) is 47.7 Å². The van der Waals surface area contributed by atoms with Crippen LogP contribution >= 0.6 is 11.8 Å². The predicted octanol–water partition coefficient (Wildman–Crippen LogP) is 5.95. The van der Waals surface area contributed by atoms with Crippen molar-refractivity contribution in [3.8, 4) is 5.75 Å². The van der Waals surface area contributed by atoms with Gasteiger partial charge >= 0.3 is 6.03 Å². The molecule has 1 aromatic heterocycles. The summed E-state index contributed by atoms with van der Waals surface area (Å²) in [6, 6.07) is 20.5. The highest BCUT2D eigenvalue weighted by molar-refractivity contribution is 7.98. The summed E-state index contributed by atoms with van der Waals surface area (Å²) in [5.74, 6) is 0.793. The van der Waals surface area contributed by atoms with Crippen LogP contribution < -0.4 is 10.1 Å². The van der Waals surface area contributed by atoms with Crippen molar-refractivity contribution in [2.45, 2.75) is 31.2 Å². The van der Waals surface area contributed by atoms with E-state index in [-0.39, 0.29) is 24.4 Å². The van der Waals surface area contributed by atoms with E-state index in [0.717, 1.165) is 16.2 Å². The van der Waals surface area contributed by atoms with Gasteiger partial charge in [-0.1, -0.05) is 32.0 Å². The zero-order chi connectivity index (χ0) is 25.7. The number of rotatable bonds is 6. The van der Waals surface area contributed by atoms with Crippen molar-refractivity contribution < 1.29 is 14.3 Å². The first-order valence-electron chi connectivity index (χ1n) is 11.8. The Kier molecular flexibility index (Phi) is 7.79. The van der Waals surface area contributed by atoms with E-state index in [1.807, 2.05) is 86.8 Å². The number of amides is 2. The number of ether oxygens (including phenoxy) is 1. The summed E-state index contributed by atoms with van der Waals surface area (Å²) in [5.41, 5.74) is 2.20. The number of benzene rings is 2. The second-order valence-corrected chi connectivity index (χ2v) is 10.2. The van der Waals surface area contributed by atoms with E-state index in [2.05, 4.69) is 10.3 Å². The number of hydrogen-bond acceptors (Lipinski definition) is 5. The number of carbonyl (C=O) groups is 2. The number of urea groups is 1. The molecule has 1 aliphatic heterocycles. The number of carbonyl (C=O) groups excluding carboxylic acids is 2. The molecule has 2 aromatic carbocycles. The smallest absolute Gasteiger partial charge is 0.322 e. The van der Waals surface area contributed by atoms with Crippen LogP contribution in [0.5, 0.6) is 5.75 Å². The van der Waals surface area contributed by atoms with E-state index in [4.69, 9.17) is 4.74 Å². The van der Waals surface area contributed by atoms with Crippen molar-refractivity contribution in [1.29, 1.82) is 0 Å². The number of nitrogens with one attached hydrogen (secondary N) is 1. The van der Waals surface area contributed by atoms with E-state index in [1.54, 1.807) is 36.0 Å². The highest BCUT2D eigenvalue weighted by Crippen LogP contribution is 2.38. The molecule has 1 N–H and O–H groups in total. The third kappa shape index (κ3) is 5.62. The average Bonchev–Trinajstić information content (AvgIpc) is 2.90. The summed E-state index contributed by atoms with van der Waals surface area (Å²) in [5, 5.41) is 3.04. The number of hydrogen-bond donors (Lipinski definition) is 1. The molecule has 1 unspecified atom stereocenters. The molecule has 0 radical (unpaired) electrons. The fourth-order valence-corrected chi connectivity index (χ4v) is 4.91. The largest absolute Gasteiger partial charge is 0.497 e. The Morgan fingerprint density at radius 3 is 2.47 bits per heavy atom. The first-order chi connectivity index (χ1) is 17.3. The van der Waals surface area contributed by atoms with Crippen LogP contribution in [0.25, 0.3) is 6.08 Å². The molecule has 7 heteroatoms. The first-order valence-corrected chi connectivity index (χ1v) is 13.1. The molecule has 2 amide bonds. The monoisotopic (exact) mass is 501 g/mol. The number of thioether (sulfide) groups is 1. The zero-order valence-electron chi connectivity index (χ0n) is 21.0. The first kappa shape index (κ1) is 25.5. The molecule has 0 aliphatic carbocycles. The lowest BCUT2D eigenvalue weighted by molar-refractivity contribution is -0.128. The molecule has 1 fully saturated rings. The maximum Gasteiger partial charge on any atom is 0.322 e. The summed E-state index contributed by atoms with van der Waals surface area (Å²) in [6.07, 6.45) is 6.04. The minimum Gasteiger partial charge on any atom is -0.497 e. The molecule has 0 spiro atoms. The number of piperidine rings is 1. The Labute approximate surface area is 216 Å². The Morgan fingerprint density at radius 1 is 1.14 bits per heavy atom. The topological polar surface area (TPSA) is 71.5 Å². The third-order valence-corrected chi connectivity index (χ3v) is 7.37. The van der Waals surface area contributed by atoms with Gasteiger partial charge in [0.1, 0.15) is 5.75 Å². The van der Waals surface area contributed by atoms with Gasteiger partial charge in [-0.05, 0) is 72.8 Å². The van der Waals surface area contributed by atoms with E-state index in [9.17, 15) is 9.59 Å². The number of likely N-dealkylation sites (tertiary alicyclic amines) is 1. The summed E-state index contributed by atoms with van der Waals surface area (Å²) >= 11 is 1.65. The molecule has 4 rings (SSSR count). The molecule has 36 heavy (non-hydrogen) atoms. The van der Waals surface area contributed by atoms with E-state index in [0.29, 0.717) is 23.4 Å². The van der Waals surface area contributed by atoms with Crippen LogP contribution in [-0.2, 0) is 11.2 Å². The molecular formula is C29H31N3O3S. The van der Waals surface area contributed by atoms with Gasteiger partial charge in [-0.3, -0.25) is 9.78 Å². The molecule has 186 valence electrons. The van der Waals surface area contributed by atoms with Gasteiger partial charge in [0.05, 0.1) is 25.4 Å². The second kappa shape index (κ2) is 11.0. The molecule has 2 heterocycles. The number of pyridine rings is 1. The highest BCUT2D eigenvalue weighted by atomic mass is 32.2. The van der Waals surface area contributed by atoms with Gasteiger partial charge in [0.15, 0.2) is 5.78 Å². The molecular weight excluding hydrogens is 470 g/mol. The van der Waals surface area contributed by atoms with Crippen molar-refractivity contribution in [2.75, 3.05) is 25.2 Å². The maximum atomic E-state index is 13.7. The fourth-order valence-electron chi connectivity index (χ4n) is 4.50. The van der Waals surface area contributed by atoms with Crippen LogP contribution in [0.15, 0.2) is 83.4 Å². The highest BCUT2D eigenvalue weighted by Gasteiger charge is 2.47. The van der Waals surface area contributed by atoms with Crippen molar-refractivity contribution in [3.63, 3.8) is 0 Å². The van der Waals surface area contributed by atoms with Crippen molar-refractivity contribution in [1.82, 2.24) is 9.88 Å². The van der Waals surface area contributed by atoms with Gasteiger partial charge in [0.25, 0.3) is 0 Å². The number of aromatic nitrogens is 1. The van der Waals surface area contributed by atoms with E-state index < -0.39 is 5.41 Å². The summed E-state index contributed by atoms with van der Waals surface area (Å²) < 4.78 is 5.29. The third-order valence-electron chi connectivity index (χ3n) is 6.63. The lowest BCUT2D eigenvalue weighted by Gasteiger charge is -2.46. The lowest BCUT2D eigenvalue weighted by atomic mass is 9.71. The Morgan fingerprint density at radius 2 is 1.86 bits per heavy atom. The van der Waals surface area contributed by atoms with Crippen molar-refractivity contribution in [3.05, 3.63) is 89.8 Å². The van der Waals surface area contributed by atoms with Crippen LogP contribution in [0.4, 0.5) is 10.5 Å². The summed E-state index contributed by atoms with van der Waals surface area (Å²) in [4.78, 5) is 34.6. The van der Waals surface area contributed by atoms with Crippen LogP contribution in [0.3, 0.4) is 0 Å². The summed E-state index contributed by atoms with van der Waals surface area (Å²) in [7, 11) is 1.63. The van der Waals surface area contributed by atoms with Crippen LogP contribution in [0, 0.1) is 5.41 Å². The number of Topliss-reactive ketones (excluding diaryl/α,β-unsaturated/α-hetero) is 1. The van der Waals surface area contributed by atoms with Gasteiger partial charge in [-0.2, -0.15) is 0 Å². The van der Waals surface area contributed by atoms with Gasteiger partial charge in [0.2, 0.25) is 0 Å². The average molecular weight is 502 g/mol.